The number of nitrogens with zero attached hydrogens (tertiary/aromatic N) is 3. The molecule has 1 aromatic carbocycles. The number of nitrogen functional groups attached to an aromatic ring is 1. The number of benzene rings is 1. The first-order valence-electron chi connectivity index (χ1n) is 6.38. The first-order valence-corrected chi connectivity index (χ1v) is 6.38. The maximum Gasteiger partial charge on any atom is 0.282 e. The van der Waals surface area contributed by atoms with Crippen molar-refractivity contribution in [3.8, 4) is 6.07 Å². The van der Waals surface area contributed by atoms with Gasteiger partial charge in [0.1, 0.15) is 5.56 Å². The van der Waals surface area contributed by atoms with Gasteiger partial charge in [-0.05, 0) is 26.0 Å². The molecule has 0 aliphatic carbocycles. The molecule has 1 unspecified atom stereocenters. The SMILES string of the molecule is CCN(CC(C)C#N)C(=O)c1cc(NN)ccc1[N+](=O)[O-]. The lowest BCUT2D eigenvalue weighted by molar-refractivity contribution is -0.385. The number of nitro groups is 1. The second kappa shape index (κ2) is 7.21. The van der Waals surface area contributed by atoms with E-state index in [0.29, 0.717) is 12.2 Å². The molecule has 1 rings (SSSR count). The Bertz CT molecular complexity index is 582. The van der Waals surface area contributed by atoms with Crippen LogP contribution >= 0.6 is 0 Å². The van der Waals surface area contributed by atoms with Gasteiger partial charge in [0, 0.05) is 24.8 Å². The van der Waals surface area contributed by atoms with Crippen molar-refractivity contribution >= 4 is 17.3 Å². The Morgan fingerprint density at radius 2 is 2.29 bits per heavy atom. The number of hydrogen-bond acceptors (Lipinski definition) is 6. The van der Waals surface area contributed by atoms with Crippen LogP contribution in [0.1, 0.15) is 24.2 Å². The molecule has 21 heavy (non-hydrogen) atoms. The summed E-state index contributed by atoms with van der Waals surface area (Å²) in [6, 6.07) is 6.02. The van der Waals surface area contributed by atoms with E-state index in [9.17, 15) is 14.9 Å². The smallest absolute Gasteiger partial charge is 0.282 e. The quantitative estimate of drug-likeness (QED) is 0.464. The summed E-state index contributed by atoms with van der Waals surface area (Å²) in [4.78, 5) is 24.3. The van der Waals surface area contributed by atoms with Gasteiger partial charge in [-0.2, -0.15) is 5.26 Å². The Balaban J connectivity index is 3.20. The van der Waals surface area contributed by atoms with Gasteiger partial charge < -0.3 is 10.3 Å². The number of hydrogen-bond donors (Lipinski definition) is 2. The van der Waals surface area contributed by atoms with E-state index in [4.69, 9.17) is 11.1 Å². The molecule has 0 radical (unpaired) electrons. The average Bonchev–Trinajstić information content (AvgIpc) is 2.50. The highest BCUT2D eigenvalue weighted by molar-refractivity contribution is 5.99. The molecule has 3 N–H and O–H groups in total. The van der Waals surface area contributed by atoms with Crippen molar-refractivity contribution in [3.05, 3.63) is 33.9 Å². The number of anilines is 1. The number of nitrogens with one attached hydrogen (secondary N) is 1. The molecular formula is C13H17N5O3. The Labute approximate surface area is 122 Å². The van der Waals surface area contributed by atoms with Crippen LogP contribution < -0.4 is 11.3 Å². The molecule has 0 aliphatic rings. The Morgan fingerprint density at radius 3 is 2.76 bits per heavy atom. The Morgan fingerprint density at radius 1 is 1.62 bits per heavy atom. The van der Waals surface area contributed by atoms with Gasteiger partial charge in [-0.15, -0.1) is 0 Å². The second-order valence-electron chi connectivity index (χ2n) is 4.51. The number of rotatable bonds is 6. The van der Waals surface area contributed by atoms with Crippen LogP contribution in [-0.2, 0) is 0 Å². The first-order chi connectivity index (χ1) is 9.94. The van der Waals surface area contributed by atoms with E-state index in [2.05, 4.69) is 5.43 Å². The van der Waals surface area contributed by atoms with E-state index < -0.39 is 10.8 Å². The molecule has 0 fully saturated rings. The minimum atomic E-state index is -0.616. The number of carbonyl (C=O) groups excluding carboxylic acids is 1. The minimum Gasteiger partial charge on any atom is -0.337 e. The summed E-state index contributed by atoms with van der Waals surface area (Å²) in [5, 5.41) is 19.9. The minimum absolute atomic E-state index is 0.0533. The Kier molecular flexibility index (Phi) is 5.63. The molecule has 0 aromatic heterocycles. The number of nitro benzene ring substituents is 1. The van der Waals surface area contributed by atoms with E-state index in [1.807, 2.05) is 6.07 Å². The van der Waals surface area contributed by atoms with Crippen LogP contribution in [0.5, 0.6) is 0 Å². The van der Waals surface area contributed by atoms with Crippen molar-refractivity contribution in [1.29, 1.82) is 5.26 Å². The summed E-state index contributed by atoms with van der Waals surface area (Å²) in [7, 11) is 0. The molecule has 1 aromatic rings. The summed E-state index contributed by atoms with van der Waals surface area (Å²) in [5.41, 5.74) is 2.41. The molecule has 8 heteroatoms. The zero-order valence-corrected chi connectivity index (χ0v) is 11.9. The van der Waals surface area contributed by atoms with Crippen LogP contribution in [0.15, 0.2) is 18.2 Å². The van der Waals surface area contributed by atoms with Gasteiger partial charge in [-0.25, -0.2) is 0 Å². The van der Waals surface area contributed by atoms with Crippen LogP contribution in [0.2, 0.25) is 0 Å². The number of carbonyl (C=O) groups is 1. The molecule has 112 valence electrons. The van der Waals surface area contributed by atoms with E-state index in [1.165, 1.54) is 23.1 Å². The molecule has 0 aliphatic heterocycles. The van der Waals surface area contributed by atoms with Crippen molar-refractivity contribution in [2.75, 3.05) is 18.5 Å². The highest BCUT2D eigenvalue weighted by Crippen LogP contribution is 2.24. The summed E-state index contributed by atoms with van der Waals surface area (Å²) >= 11 is 0. The number of nitrogens with two attached hydrogens (primary N) is 1. The highest BCUT2D eigenvalue weighted by atomic mass is 16.6. The fraction of sp³-hybridized carbons (Fsp3) is 0.385. The van der Waals surface area contributed by atoms with Gasteiger partial charge in [0.05, 0.1) is 16.9 Å². The normalized spacial score (nSPS) is 11.3. The summed E-state index contributed by atoms with van der Waals surface area (Å²) in [6.07, 6.45) is 0. The van der Waals surface area contributed by atoms with Crippen molar-refractivity contribution in [1.82, 2.24) is 4.90 Å². The third kappa shape index (κ3) is 3.90. The van der Waals surface area contributed by atoms with Gasteiger partial charge in [0.25, 0.3) is 11.6 Å². The van der Waals surface area contributed by atoms with Crippen molar-refractivity contribution in [2.45, 2.75) is 13.8 Å². The Hall–Kier alpha value is -2.66. The predicted octanol–water partition coefficient (Wildman–Crippen LogP) is 1.50. The lowest BCUT2D eigenvalue weighted by atomic mass is 10.1. The van der Waals surface area contributed by atoms with Crippen molar-refractivity contribution in [3.63, 3.8) is 0 Å². The topological polar surface area (TPSA) is 125 Å². The summed E-state index contributed by atoms with van der Waals surface area (Å²) in [6.45, 7) is 3.99. The van der Waals surface area contributed by atoms with Crippen molar-refractivity contribution in [2.24, 2.45) is 11.8 Å². The third-order valence-corrected chi connectivity index (χ3v) is 2.97. The molecule has 0 bridgehead atoms. The zero-order chi connectivity index (χ0) is 16.0. The third-order valence-electron chi connectivity index (χ3n) is 2.97. The fourth-order valence-electron chi connectivity index (χ4n) is 1.85. The van der Waals surface area contributed by atoms with Gasteiger partial charge in [-0.1, -0.05) is 0 Å². The number of amides is 1. The molecule has 0 spiro atoms. The van der Waals surface area contributed by atoms with Crippen LogP contribution in [-0.4, -0.2) is 28.8 Å². The largest absolute Gasteiger partial charge is 0.337 e. The second-order valence-corrected chi connectivity index (χ2v) is 4.51. The van der Waals surface area contributed by atoms with Crippen molar-refractivity contribution < 1.29 is 9.72 Å². The molecule has 1 amide bonds. The van der Waals surface area contributed by atoms with Crippen LogP contribution in [0.3, 0.4) is 0 Å². The summed E-state index contributed by atoms with van der Waals surface area (Å²) < 4.78 is 0. The van der Waals surface area contributed by atoms with Crippen LogP contribution in [0.4, 0.5) is 11.4 Å². The zero-order valence-electron chi connectivity index (χ0n) is 11.9. The van der Waals surface area contributed by atoms with Gasteiger partial charge in [0.2, 0.25) is 0 Å². The molecule has 0 heterocycles. The lowest BCUT2D eigenvalue weighted by Gasteiger charge is -2.22. The number of hydrazine groups is 1. The standard InChI is InChI=1S/C13H17N5O3/c1-3-17(8-9(2)7-14)13(19)11-6-10(16-15)4-5-12(11)18(20)21/h4-6,9,16H,3,8,15H2,1-2H3. The van der Waals surface area contributed by atoms with Gasteiger partial charge >= 0.3 is 0 Å². The molecular weight excluding hydrogens is 274 g/mol. The van der Waals surface area contributed by atoms with Gasteiger partial charge in [-0.3, -0.25) is 20.8 Å². The van der Waals surface area contributed by atoms with E-state index in [0.717, 1.165) is 0 Å². The maximum absolute atomic E-state index is 12.5. The van der Waals surface area contributed by atoms with Crippen LogP contribution in [0, 0.1) is 27.4 Å². The monoisotopic (exact) mass is 291 g/mol. The molecule has 0 saturated carbocycles. The predicted molar refractivity (Wildman–Crippen MR) is 77.3 cm³/mol. The van der Waals surface area contributed by atoms with Gasteiger partial charge in [0.15, 0.2) is 0 Å². The fourth-order valence-corrected chi connectivity index (χ4v) is 1.85. The molecule has 0 saturated heterocycles. The first kappa shape index (κ1) is 16.4. The molecule has 8 nitrogen and oxygen atoms in total. The van der Waals surface area contributed by atoms with E-state index in [-0.39, 0.29) is 23.7 Å². The van der Waals surface area contributed by atoms with E-state index >= 15 is 0 Å². The summed E-state index contributed by atoms with van der Waals surface area (Å²) in [5.74, 6) is 4.41. The average molecular weight is 291 g/mol. The molecule has 1 atom stereocenters. The van der Waals surface area contributed by atoms with E-state index in [1.54, 1.807) is 13.8 Å². The highest BCUT2D eigenvalue weighted by Gasteiger charge is 2.25. The lowest BCUT2D eigenvalue weighted by Crippen LogP contribution is -2.34. The number of nitriles is 1. The maximum atomic E-state index is 12.5. The van der Waals surface area contributed by atoms with Crippen LogP contribution in [0.25, 0.3) is 0 Å².